The molecule has 0 bridgehead atoms. The van der Waals surface area contributed by atoms with Crippen LogP contribution in [0.4, 0.5) is 5.69 Å². The molecule has 1 aromatic carbocycles. The van der Waals surface area contributed by atoms with Crippen molar-refractivity contribution in [2.45, 2.75) is 18.2 Å². The van der Waals surface area contributed by atoms with Crippen LogP contribution in [0.1, 0.15) is 13.3 Å². The minimum Gasteiger partial charge on any atom is -0.495 e. The minimum absolute atomic E-state index is 0.0660. The Bertz CT molecular complexity index is 668. The molecular formula is C14H20N2O4S. The largest absolute Gasteiger partial charge is 0.495 e. The molecule has 0 fully saturated rings. The molecule has 2 N–H and O–H groups in total. The van der Waals surface area contributed by atoms with Crippen molar-refractivity contribution in [3.05, 3.63) is 23.8 Å². The van der Waals surface area contributed by atoms with Crippen molar-refractivity contribution in [2.24, 2.45) is 0 Å². The smallest absolute Gasteiger partial charge is 0.247 e. The number of sulfonamides is 1. The van der Waals surface area contributed by atoms with Crippen molar-refractivity contribution in [1.82, 2.24) is 4.31 Å². The Hall–Kier alpha value is -1.73. The van der Waals surface area contributed by atoms with E-state index in [9.17, 15) is 8.42 Å². The second-order valence-electron chi connectivity index (χ2n) is 4.91. The van der Waals surface area contributed by atoms with Crippen LogP contribution in [0, 0.1) is 0 Å². The van der Waals surface area contributed by atoms with Gasteiger partial charge in [0.2, 0.25) is 10.0 Å². The van der Waals surface area contributed by atoms with Gasteiger partial charge in [0, 0.05) is 19.2 Å². The summed E-state index contributed by atoms with van der Waals surface area (Å²) < 4.78 is 37.2. The van der Waals surface area contributed by atoms with E-state index in [1.165, 1.54) is 36.2 Å². The molecule has 1 aliphatic rings. The van der Waals surface area contributed by atoms with E-state index in [1.807, 2.05) is 13.0 Å². The van der Waals surface area contributed by atoms with Crippen molar-refractivity contribution in [1.29, 1.82) is 0 Å². The number of hydrogen-bond donors (Lipinski definition) is 1. The van der Waals surface area contributed by atoms with Gasteiger partial charge in [0.05, 0.1) is 19.9 Å². The van der Waals surface area contributed by atoms with E-state index in [4.69, 9.17) is 15.2 Å². The summed E-state index contributed by atoms with van der Waals surface area (Å²) in [5, 5.41) is 0. The fourth-order valence-electron chi connectivity index (χ4n) is 2.20. The highest BCUT2D eigenvalue weighted by Crippen LogP contribution is 2.35. The maximum absolute atomic E-state index is 12.7. The number of nitrogen functional groups attached to an aromatic ring is 1. The Kier molecular flexibility index (Phi) is 4.43. The monoisotopic (exact) mass is 312 g/mol. The van der Waals surface area contributed by atoms with Gasteiger partial charge in [-0.15, -0.1) is 0 Å². The summed E-state index contributed by atoms with van der Waals surface area (Å²) in [5.41, 5.74) is 7.29. The summed E-state index contributed by atoms with van der Waals surface area (Å²) in [6.07, 6.45) is 2.65. The van der Waals surface area contributed by atoms with Crippen LogP contribution in [0.25, 0.3) is 0 Å². The Labute approximate surface area is 125 Å². The van der Waals surface area contributed by atoms with Gasteiger partial charge in [-0.25, -0.2) is 8.42 Å². The Balaban J connectivity index is 2.47. The van der Waals surface area contributed by atoms with Crippen molar-refractivity contribution < 1.29 is 17.9 Å². The molecule has 6 nitrogen and oxygen atoms in total. The third kappa shape index (κ3) is 2.98. The highest BCUT2D eigenvalue weighted by molar-refractivity contribution is 7.89. The number of nitrogens with two attached hydrogens (primary N) is 1. The standard InChI is InChI=1S/C14H20N2O4S/c1-10-4-6-16(7-5-10)21(17,18)14-8-11(15)12(19-2)9-13(14)20-3/h4,8-9H,5-7,15H2,1-3H3. The zero-order valence-electron chi connectivity index (χ0n) is 12.4. The summed E-state index contributed by atoms with van der Waals surface area (Å²) >= 11 is 0. The number of benzene rings is 1. The van der Waals surface area contributed by atoms with E-state index in [0.717, 1.165) is 6.42 Å². The second-order valence-corrected chi connectivity index (χ2v) is 6.81. The summed E-state index contributed by atoms with van der Waals surface area (Å²) in [5.74, 6) is 0.618. The topological polar surface area (TPSA) is 81.9 Å². The predicted molar refractivity (Wildman–Crippen MR) is 81.1 cm³/mol. The van der Waals surface area contributed by atoms with Crippen LogP contribution in [0.15, 0.2) is 28.7 Å². The number of hydrogen-bond acceptors (Lipinski definition) is 5. The molecule has 0 radical (unpaired) electrons. The molecular weight excluding hydrogens is 292 g/mol. The fraction of sp³-hybridized carbons (Fsp3) is 0.429. The maximum Gasteiger partial charge on any atom is 0.247 e. The fourth-order valence-corrected chi connectivity index (χ4v) is 3.76. The summed E-state index contributed by atoms with van der Waals surface area (Å²) in [6.45, 7) is 2.82. The Morgan fingerprint density at radius 3 is 2.38 bits per heavy atom. The third-order valence-corrected chi connectivity index (χ3v) is 5.42. The van der Waals surface area contributed by atoms with Gasteiger partial charge < -0.3 is 15.2 Å². The highest BCUT2D eigenvalue weighted by atomic mass is 32.2. The van der Waals surface area contributed by atoms with Crippen molar-refractivity contribution >= 4 is 15.7 Å². The molecule has 0 aliphatic carbocycles. The minimum atomic E-state index is -3.65. The highest BCUT2D eigenvalue weighted by Gasteiger charge is 2.29. The molecule has 2 rings (SSSR count). The molecule has 21 heavy (non-hydrogen) atoms. The molecule has 0 spiro atoms. The number of methoxy groups -OCH3 is 2. The molecule has 0 unspecified atom stereocenters. The van der Waals surface area contributed by atoms with E-state index in [0.29, 0.717) is 18.8 Å². The zero-order valence-corrected chi connectivity index (χ0v) is 13.2. The van der Waals surface area contributed by atoms with Crippen LogP contribution in [-0.2, 0) is 10.0 Å². The molecule has 0 saturated carbocycles. The van der Waals surface area contributed by atoms with Crippen LogP contribution in [0.3, 0.4) is 0 Å². The summed E-state index contributed by atoms with van der Waals surface area (Å²) in [6, 6.07) is 2.88. The maximum atomic E-state index is 12.7. The Morgan fingerprint density at radius 2 is 1.86 bits per heavy atom. The molecule has 1 aliphatic heterocycles. The molecule has 0 saturated heterocycles. The lowest BCUT2D eigenvalue weighted by atomic mass is 10.1. The van der Waals surface area contributed by atoms with Gasteiger partial charge in [0.25, 0.3) is 0 Å². The summed E-state index contributed by atoms with van der Waals surface area (Å²) in [7, 11) is -0.757. The number of ether oxygens (including phenoxy) is 2. The van der Waals surface area contributed by atoms with E-state index in [1.54, 1.807) is 0 Å². The van der Waals surface area contributed by atoms with Crippen molar-refractivity contribution in [3.63, 3.8) is 0 Å². The normalized spacial score (nSPS) is 16.4. The van der Waals surface area contributed by atoms with Crippen LogP contribution in [0.2, 0.25) is 0 Å². The van der Waals surface area contributed by atoms with Gasteiger partial charge in [-0.1, -0.05) is 11.6 Å². The summed E-state index contributed by atoms with van der Waals surface area (Å²) in [4.78, 5) is 0.0660. The molecule has 116 valence electrons. The van der Waals surface area contributed by atoms with Crippen LogP contribution in [-0.4, -0.2) is 40.0 Å². The third-order valence-electron chi connectivity index (χ3n) is 3.53. The molecule has 1 heterocycles. The molecule has 0 amide bonds. The van der Waals surface area contributed by atoms with Crippen molar-refractivity contribution in [3.8, 4) is 11.5 Å². The predicted octanol–water partition coefficient (Wildman–Crippen LogP) is 1.63. The molecule has 0 aromatic heterocycles. The number of anilines is 1. The first-order chi connectivity index (χ1) is 9.90. The van der Waals surface area contributed by atoms with Crippen LogP contribution in [0.5, 0.6) is 11.5 Å². The van der Waals surface area contributed by atoms with Crippen LogP contribution < -0.4 is 15.2 Å². The second kappa shape index (κ2) is 5.95. The number of rotatable bonds is 4. The van der Waals surface area contributed by atoms with Gasteiger partial charge in [-0.05, 0) is 19.4 Å². The van der Waals surface area contributed by atoms with Gasteiger partial charge in [0.15, 0.2) is 0 Å². The first-order valence-corrected chi connectivity index (χ1v) is 8.01. The lowest BCUT2D eigenvalue weighted by Gasteiger charge is -2.25. The van der Waals surface area contributed by atoms with E-state index in [-0.39, 0.29) is 16.3 Å². The average Bonchev–Trinajstić information content (AvgIpc) is 2.47. The first-order valence-electron chi connectivity index (χ1n) is 6.57. The van der Waals surface area contributed by atoms with Crippen molar-refractivity contribution in [2.75, 3.05) is 33.0 Å². The van der Waals surface area contributed by atoms with Crippen LogP contribution >= 0.6 is 0 Å². The molecule has 1 aromatic rings. The molecule has 0 atom stereocenters. The zero-order chi connectivity index (χ0) is 15.6. The molecule has 7 heteroatoms. The average molecular weight is 312 g/mol. The van der Waals surface area contributed by atoms with E-state index >= 15 is 0 Å². The SMILES string of the molecule is COc1cc(OC)c(S(=O)(=O)N2CC=C(C)CC2)cc1N. The van der Waals surface area contributed by atoms with Gasteiger partial charge in [-0.2, -0.15) is 4.31 Å². The quantitative estimate of drug-likeness (QED) is 0.675. The first kappa shape index (κ1) is 15.7. The lowest BCUT2D eigenvalue weighted by molar-refractivity contribution is 0.382. The Morgan fingerprint density at radius 1 is 1.19 bits per heavy atom. The lowest BCUT2D eigenvalue weighted by Crippen LogP contribution is -2.34. The van der Waals surface area contributed by atoms with Gasteiger partial charge in [-0.3, -0.25) is 0 Å². The van der Waals surface area contributed by atoms with Gasteiger partial charge in [0.1, 0.15) is 16.4 Å². The van der Waals surface area contributed by atoms with E-state index in [2.05, 4.69) is 0 Å². The van der Waals surface area contributed by atoms with E-state index < -0.39 is 10.0 Å². The van der Waals surface area contributed by atoms with Gasteiger partial charge >= 0.3 is 0 Å². The number of nitrogens with zero attached hydrogens (tertiary/aromatic N) is 1.